The number of carbonyl (C=O) groups excluding carboxylic acids is 1. The molecule has 8 heteroatoms. The van der Waals surface area contributed by atoms with Gasteiger partial charge in [0.2, 0.25) is 11.9 Å². The van der Waals surface area contributed by atoms with E-state index in [4.69, 9.17) is 10.2 Å². The van der Waals surface area contributed by atoms with Crippen molar-refractivity contribution in [2.45, 2.75) is 19.5 Å². The second-order valence-corrected chi connectivity index (χ2v) is 5.69. The molecule has 24 heavy (non-hydrogen) atoms. The van der Waals surface area contributed by atoms with Crippen LogP contribution in [0.25, 0.3) is 11.1 Å². The molecule has 0 radical (unpaired) electrons. The summed E-state index contributed by atoms with van der Waals surface area (Å²) in [4.78, 5) is 34.4. The largest absolute Gasteiger partial charge is 0.420 e. The van der Waals surface area contributed by atoms with E-state index in [1.807, 2.05) is 0 Å². The van der Waals surface area contributed by atoms with Crippen LogP contribution in [-0.4, -0.2) is 31.9 Å². The number of nitrogens with two attached hydrogens (primary N) is 1. The van der Waals surface area contributed by atoms with E-state index in [9.17, 15) is 9.59 Å². The van der Waals surface area contributed by atoms with Gasteiger partial charge in [-0.2, -0.15) is 0 Å². The molecule has 2 aromatic heterocycles. The number of rotatable bonds is 2. The highest BCUT2D eigenvalue weighted by Crippen LogP contribution is 2.18. The van der Waals surface area contributed by atoms with Crippen molar-refractivity contribution in [1.82, 2.24) is 19.4 Å². The summed E-state index contributed by atoms with van der Waals surface area (Å²) in [5.74, 6) is -0.500. The van der Waals surface area contributed by atoms with E-state index in [1.54, 1.807) is 35.4 Å². The van der Waals surface area contributed by atoms with Gasteiger partial charge in [0.15, 0.2) is 5.58 Å². The van der Waals surface area contributed by atoms with Crippen LogP contribution in [0.4, 0.5) is 5.95 Å². The summed E-state index contributed by atoms with van der Waals surface area (Å²) in [6.45, 7) is 0.862. The van der Waals surface area contributed by atoms with Gasteiger partial charge in [0, 0.05) is 12.7 Å². The van der Waals surface area contributed by atoms with Gasteiger partial charge in [-0.25, -0.2) is 14.8 Å². The van der Waals surface area contributed by atoms with E-state index in [-0.39, 0.29) is 18.4 Å². The van der Waals surface area contributed by atoms with Crippen LogP contribution in [0.1, 0.15) is 11.3 Å². The van der Waals surface area contributed by atoms with E-state index in [1.165, 1.54) is 4.57 Å². The van der Waals surface area contributed by atoms with Gasteiger partial charge in [0.25, 0.3) is 0 Å². The molecule has 0 saturated carbocycles. The number of carbonyl (C=O) groups is 1. The van der Waals surface area contributed by atoms with Gasteiger partial charge in [-0.3, -0.25) is 9.36 Å². The smallest absolute Gasteiger partial charge is 0.408 e. The summed E-state index contributed by atoms with van der Waals surface area (Å²) in [6, 6.07) is 7.04. The number of hydrogen-bond donors (Lipinski definition) is 1. The zero-order valence-corrected chi connectivity index (χ0v) is 12.8. The molecule has 2 N–H and O–H groups in total. The van der Waals surface area contributed by atoms with Crippen molar-refractivity contribution in [3.05, 3.63) is 52.3 Å². The molecule has 0 spiro atoms. The number of anilines is 1. The molecule has 0 bridgehead atoms. The first-order chi connectivity index (χ1) is 11.6. The van der Waals surface area contributed by atoms with Crippen molar-refractivity contribution < 1.29 is 9.21 Å². The number of para-hydroxylation sites is 2. The molecule has 0 unspecified atom stereocenters. The zero-order chi connectivity index (χ0) is 16.7. The Hall–Kier alpha value is -3.16. The quantitative estimate of drug-likeness (QED) is 0.737. The molecule has 4 rings (SSSR count). The SMILES string of the molecule is Nc1ncc2c(n1)CN(C(=O)Cn1c(=O)oc3ccccc31)CC2. The molecule has 3 aromatic rings. The van der Waals surface area contributed by atoms with Crippen LogP contribution in [0.3, 0.4) is 0 Å². The van der Waals surface area contributed by atoms with Gasteiger partial charge in [0.1, 0.15) is 6.54 Å². The predicted molar refractivity (Wildman–Crippen MR) is 86.0 cm³/mol. The first-order valence-electron chi connectivity index (χ1n) is 7.58. The lowest BCUT2D eigenvalue weighted by molar-refractivity contribution is -0.132. The Labute approximate surface area is 136 Å². The van der Waals surface area contributed by atoms with E-state index < -0.39 is 5.76 Å². The maximum absolute atomic E-state index is 12.6. The minimum atomic E-state index is -0.534. The average molecular weight is 325 g/mol. The Kier molecular flexibility index (Phi) is 3.30. The molecule has 8 nitrogen and oxygen atoms in total. The summed E-state index contributed by atoms with van der Waals surface area (Å²) in [5.41, 5.74) is 8.45. The van der Waals surface area contributed by atoms with E-state index >= 15 is 0 Å². The lowest BCUT2D eigenvalue weighted by Crippen LogP contribution is -2.39. The molecule has 0 fully saturated rings. The average Bonchev–Trinajstić information content (AvgIpc) is 2.90. The fraction of sp³-hybridized carbons (Fsp3) is 0.250. The Morgan fingerprint density at radius 1 is 1.33 bits per heavy atom. The molecule has 1 aliphatic rings. The summed E-state index contributed by atoms with van der Waals surface area (Å²) in [6.07, 6.45) is 2.37. The fourth-order valence-electron chi connectivity index (χ4n) is 2.93. The number of fused-ring (bicyclic) bond motifs is 2. The van der Waals surface area contributed by atoms with Crippen LogP contribution >= 0.6 is 0 Å². The topological polar surface area (TPSA) is 107 Å². The summed E-state index contributed by atoms with van der Waals surface area (Å²) < 4.78 is 6.51. The van der Waals surface area contributed by atoms with Gasteiger partial charge >= 0.3 is 5.76 Å². The minimum Gasteiger partial charge on any atom is -0.408 e. The number of aromatic nitrogens is 3. The summed E-state index contributed by atoms with van der Waals surface area (Å²) in [5, 5.41) is 0. The molecule has 1 aliphatic heterocycles. The number of oxazole rings is 1. The van der Waals surface area contributed by atoms with Crippen molar-refractivity contribution in [3.63, 3.8) is 0 Å². The van der Waals surface area contributed by atoms with Crippen molar-refractivity contribution >= 4 is 23.0 Å². The highest BCUT2D eigenvalue weighted by molar-refractivity contribution is 5.79. The van der Waals surface area contributed by atoms with Gasteiger partial charge in [-0.1, -0.05) is 12.1 Å². The van der Waals surface area contributed by atoms with Crippen LogP contribution < -0.4 is 11.5 Å². The van der Waals surface area contributed by atoms with E-state index in [0.29, 0.717) is 30.6 Å². The second kappa shape index (κ2) is 5.48. The maximum atomic E-state index is 12.6. The number of benzene rings is 1. The molecule has 0 aliphatic carbocycles. The summed E-state index contributed by atoms with van der Waals surface area (Å²) in [7, 11) is 0. The van der Waals surface area contributed by atoms with E-state index in [0.717, 1.165) is 11.3 Å². The third-order valence-corrected chi connectivity index (χ3v) is 4.18. The van der Waals surface area contributed by atoms with Crippen molar-refractivity contribution in [1.29, 1.82) is 0 Å². The third-order valence-electron chi connectivity index (χ3n) is 4.18. The fourth-order valence-corrected chi connectivity index (χ4v) is 2.93. The van der Waals surface area contributed by atoms with Crippen LogP contribution in [0.15, 0.2) is 39.7 Å². The summed E-state index contributed by atoms with van der Waals surface area (Å²) >= 11 is 0. The van der Waals surface area contributed by atoms with E-state index in [2.05, 4.69) is 9.97 Å². The normalized spacial score (nSPS) is 13.9. The standard InChI is InChI=1S/C16H15N5O3/c17-15-18-7-10-5-6-20(8-11(10)19-15)14(22)9-21-12-3-1-2-4-13(12)24-16(21)23/h1-4,7H,5-6,8-9H2,(H2,17,18,19). The van der Waals surface area contributed by atoms with Crippen molar-refractivity contribution in [2.75, 3.05) is 12.3 Å². The predicted octanol–water partition coefficient (Wildman–Crippen LogP) is 0.552. The van der Waals surface area contributed by atoms with Crippen LogP contribution in [0.2, 0.25) is 0 Å². The van der Waals surface area contributed by atoms with Gasteiger partial charge < -0.3 is 15.1 Å². The second-order valence-electron chi connectivity index (χ2n) is 5.69. The Bertz CT molecular complexity index is 991. The Morgan fingerprint density at radius 2 is 2.17 bits per heavy atom. The van der Waals surface area contributed by atoms with Crippen molar-refractivity contribution in [2.24, 2.45) is 0 Å². The maximum Gasteiger partial charge on any atom is 0.420 e. The molecule has 3 heterocycles. The third kappa shape index (κ3) is 2.41. The van der Waals surface area contributed by atoms with Crippen LogP contribution in [0.5, 0.6) is 0 Å². The number of nitrogen functional groups attached to an aromatic ring is 1. The Morgan fingerprint density at radius 3 is 3.04 bits per heavy atom. The molecule has 122 valence electrons. The molecular weight excluding hydrogens is 310 g/mol. The molecule has 0 saturated heterocycles. The van der Waals surface area contributed by atoms with Crippen LogP contribution in [0, 0.1) is 0 Å². The van der Waals surface area contributed by atoms with Gasteiger partial charge in [-0.05, 0) is 24.1 Å². The monoisotopic (exact) mass is 325 g/mol. The number of hydrogen-bond acceptors (Lipinski definition) is 6. The highest BCUT2D eigenvalue weighted by atomic mass is 16.4. The van der Waals surface area contributed by atoms with Crippen LogP contribution in [-0.2, 0) is 24.3 Å². The first-order valence-corrected chi connectivity index (χ1v) is 7.58. The minimum absolute atomic E-state index is 0.0637. The van der Waals surface area contributed by atoms with Crippen molar-refractivity contribution in [3.8, 4) is 0 Å². The lowest BCUT2D eigenvalue weighted by Gasteiger charge is -2.28. The molecule has 0 atom stereocenters. The highest BCUT2D eigenvalue weighted by Gasteiger charge is 2.23. The zero-order valence-electron chi connectivity index (χ0n) is 12.8. The molecule has 1 amide bonds. The number of nitrogens with zero attached hydrogens (tertiary/aromatic N) is 4. The molecule has 1 aromatic carbocycles. The van der Waals surface area contributed by atoms with Gasteiger partial charge in [-0.15, -0.1) is 0 Å². The van der Waals surface area contributed by atoms with Gasteiger partial charge in [0.05, 0.1) is 17.8 Å². The lowest BCUT2D eigenvalue weighted by atomic mass is 10.1. The molecular formula is C16H15N5O3. The Balaban J connectivity index is 1.58. The first kappa shape index (κ1) is 14.4. The number of amides is 1.